The molecule has 0 aliphatic heterocycles. The van der Waals surface area contributed by atoms with Crippen LogP contribution in [0, 0.1) is 18.2 Å². The molecule has 0 amide bonds. The molecule has 1 aromatic rings. The molecule has 1 aromatic carbocycles. The molecule has 0 spiro atoms. The van der Waals surface area contributed by atoms with E-state index in [4.69, 9.17) is 0 Å². The lowest BCUT2D eigenvalue weighted by Gasteiger charge is -2.32. The molecule has 1 unspecified atom stereocenters. The Hall–Kier alpha value is -0.890. The van der Waals surface area contributed by atoms with Gasteiger partial charge in [0, 0.05) is 11.6 Å². The van der Waals surface area contributed by atoms with E-state index in [1.807, 2.05) is 19.1 Å². The van der Waals surface area contributed by atoms with Gasteiger partial charge in [0.25, 0.3) is 0 Å². The number of hydrogen-bond acceptors (Lipinski definition) is 1. The maximum Gasteiger partial charge on any atom is 0.128 e. The Morgan fingerprint density at radius 1 is 1.29 bits per heavy atom. The highest BCUT2D eigenvalue weighted by atomic mass is 19.1. The van der Waals surface area contributed by atoms with E-state index in [1.165, 1.54) is 0 Å². The third kappa shape index (κ3) is 3.81. The van der Waals surface area contributed by atoms with Gasteiger partial charge in [0.1, 0.15) is 5.82 Å². The fourth-order valence-electron chi connectivity index (χ4n) is 2.04. The predicted molar refractivity (Wildman–Crippen MR) is 71.6 cm³/mol. The molecule has 0 aliphatic rings. The Labute approximate surface area is 104 Å². The maximum absolute atomic E-state index is 14.0. The zero-order valence-corrected chi connectivity index (χ0v) is 11.6. The quantitative estimate of drug-likeness (QED) is 0.826. The van der Waals surface area contributed by atoms with Crippen molar-refractivity contribution in [3.8, 4) is 0 Å². The molecule has 1 N–H and O–H groups in total. The van der Waals surface area contributed by atoms with E-state index < -0.39 is 0 Å². The van der Waals surface area contributed by atoms with Crippen molar-refractivity contribution in [1.29, 1.82) is 0 Å². The largest absolute Gasteiger partial charge is 0.309 e. The highest BCUT2D eigenvalue weighted by molar-refractivity contribution is 5.27. The molecular formula is C15H24FN. The van der Waals surface area contributed by atoms with E-state index in [9.17, 15) is 4.39 Å². The van der Waals surface area contributed by atoms with Gasteiger partial charge in [0.2, 0.25) is 0 Å². The summed E-state index contributed by atoms with van der Waals surface area (Å²) in [5.41, 5.74) is 1.75. The number of hydrogen-bond donors (Lipinski definition) is 1. The van der Waals surface area contributed by atoms with Crippen LogP contribution in [0.15, 0.2) is 18.2 Å². The normalized spacial score (nSPS) is 13.8. The number of benzene rings is 1. The van der Waals surface area contributed by atoms with Crippen LogP contribution in [0.25, 0.3) is 0 Å². The second kappa shape index (κ2) is 5.63. The van der Waals surface area contributed by atoms with Crippen LogP contribution in [0.1, 0.15) is 51.3 Å². The third-order valence-electron chi connectivity index (χ3n) is 2.93. The van der Waals surface area contributed by atoms with Gasteiger partial charge in [-0.2, -0.15) is 0 Å². The molecule has 17 heavy (non-hydrogen) atoms. The van der Waals surface area contributed by atoms with E-state index in [0.29, 0.717) is 0 Å². The molecule has 0 saturated heterocycles. The van der Waals surface area contributed by atoms with Gasteiger partial charge >= 0.3 is 0 Å². The molecule has 2 heteroatoms. The Morgan fingerprint density at radius 3 is 2.41 bits per heavy atom. The first kappa shape index (κ1) is 14.2. The minimum Gasteiger partial charge on any atom is -0.309 e. The average molecular weight is 237 g/mol. The van der Waals surface area contributed by atoms with Crippen LogP contribution >= 0.6 is 0 Å². The van der Waals surface area contributed by atoms with Crippen molar-refractivity contribution < 1.29 is 4.39 Å². The van der Waals surface area contributed by atoms with Gasteiger partial charge in [-0.1, -0.05) is 39.8 Å². The van der Waals surface area contributed by atoms with Gasteiger partial charge in [0.05, 0.1) is 0 Å². The summed E-state index contributed by atoms with van der Waals surface area (Å²) in [6.07, 6.45) is 1.06. The van der Waals surface area contributed by atoms with Gasteiger partial charge in [-0.3, -0.25) is 0 Å². The minimum absolute atomic E-state index is 0.00523. The van der Waals surface area contributed by atoms with E-state index in [0.717, 1.165) is 24.1 Å². The van der Waals surface area contributed by atoms with Crippen LogP contribution in [0.4, 0.5) is 4.39 Å². The lowest BCUT2D eigenvalue weighted by molar-refractivity contribution is 0.267. The van der Waals surface area contributed by atoms with Crippen molar-refractivity contribution in [1.82, 2.24) is 5.32 Å². The number of halogens is 1. The molecule has 0 aliphatic carbocycles. The lowest BCUT2D eigenvalue weighted by atomic mass is 9.82. The molecule has 0 fully saturated rings. The summed E-state index contributed by atoms with van der Waals surface area (Å²) in [4.78, 5) is 0. The monoisotopic (exact) mass is 237 g/mol. The molecule has 96 valence electrons. The summed E-state index contributed by atoms with van der Waals surface area (Å²) in [6, 6.07) is 5.55. The van der Waals surface area contributed by atoms with Crippen LogP contribution < -0.4 is 5.32 Å². The second-order valence-electron chi connectivity index (χ2n) is 5.78. The minimum atomic E-state index is -0.103. The number of aryl methyl sites for hydroxylation is 1. The Bertz CT molecular complexity index is 366. The van der Waals surface area contributed by atoms with E-state index in [-0.39, 0.29) is 17.3 Å². The highest BCUT2D eigenvalue weighted by Gasteiger charge is 2.27. The van der Waals surface area contributed by atoms with Crippen LogP contribution in [0.5, 0.6) is 0 Å². The van der Waals surface area contributed by atoms with Crippen molar-refractivity contribution in [3.63, 3.8) is 0 Å². The molecule has 0 saturated carbocycles. The number of rotatable bonds is 4. The van der Waals surface area contributed by atoms with Crippen molar-refractivity contribution >= 4 is 0 Å². The average Bonchev–Trinajstić information content (AvgIpc) is 2.19. The predicted octanol–water partition coefficient (Wildman–Crippen LogP) is 4.22. The molecular weight excluding hydrogens is 213 g/mol. The van der Waals surface area contributed by atoms with E-state index in [1.54, 1.807) is 6.07 Å². The Kier molecular flexibility index (Phi) is 4.70. The van der Waals surface area contributed by atoms with E-state index >= 15 is 0 Å². The van der Waals surface area contributed by atoms with Crippen molar-refractivity contribution in [2.24, 2.45) is 5.41 Å². The summed E-state index contributed by atoms with van der Waals surface area (Å²) in [5, 5.41) is 3.45. The lowest BCUT2D eigenvalue weighted by Crippen LogP contribution is -2.33. The first-order chi connectivity index (χ1) is 7.86. The maximum atomic E-state index is 14.0. The van der Waals surface area contributed by atoms with Gasteiger partial charge in [-0.05, 0) is 36.9 Å². The molecule has 1 nitrogen and oxygen atoms in total. The fraction of sp³-hybridized carbons (Fsp3) is 0.600. The molecule has 0 heterocycles. The Morgan fingerprint density at radius 2 is 1.94 bits per heavy atom. The second-order valence-corrected chi connectivity index (χ2v) is 5.78. The zero-order valence-electron chi connectivity index (χ0n) is 11.6. The fourth-order valence-corrected chi connectivity index (χ4v) is 2.04. The summed E-state index contributed by atoms with van der Waals surface area (Å²) >= 11 is 0. The van der Waals surface area contributed by atoms with Crippen molar-refractivity contribution in [2.75, 3.05) is 6.54 Å². The van der Waals surface area contributed by atoms with Crippen LogP contribution in [0.3, 0.4) is 0 Å². The summed E-state index contributed by atoms with van der Waals surface area (Å²) in [7, 11) is 0. The first-order valence-electron chi connectivity index (χ1n) is 6.35. The smallest absolute Gasteiger partial charge is 0.128 e. The summed E-state index contributed by atoms with van der Waals surface area (Å²) in [5.74, 6) is -0.103. The topological polar surface area (TPSA) is 12.0 Å². The molecule has 1 rings (SSSR count). The summed E-state index contributed by atoms with van der Waals surface area (Å²) < 4.78 is 14.0. The third-order valence-corrected chi connectivity index (χ3v) is 2.93. The first-order valence-corrected chi connectivity index (χ1v) is 6.35. The van der Waals surface area contributed by atoms with E-state index in [2.05, 4.69) is 33.0 Å². The van der Waals surface area contributed by atoms with Gasteiger partial charge in [-0.15, -0.1) is 0 Å². The van der Waals surface area contributed by atoms with Gasteiger partial charge < -0.3 is 5.32 Å². The van der Waals surface area contributed by atoms with Gasteiger partial charge in [-0.25, -0.2) is 4.39 Å². The Balaban J connectivity index is 3.04. The van der Waals surface area contributed by atoms with Crippen molar-refractivity contribution in [3.05, 3.63) is 35.1 Å². The number of nitrogens with one attached hydrogen (secondary N) is 1. The van der Waals surface area contributed by atoms with Gasteiger partial charge in [0.15, 0.2) is 0 Å². The molecule has 0 bridgehead atoms. The zero-order chi connectivity index (χ0) is 13.1. The molecule has 0 aromatic heterocycles. The van der Waals surface area contributed by atoms with Crippen LogP contribution in [0.2, 0.25) is 0 Å². The molecule has 0 radical (unpaired) electrons. The van der Waals surface area contributed by atoms with Crippen LogP contribution in [-0.2, 0) is 0 Å². The molecule has 1 atom stereocenters. The highest BCUT2D eigenvalue weighted by Crippen LogP contribution is 2.34. The van der Waals surface area contributed by atoms with Crippen LogP contribution in [-0.4, -0.2) is 6.54 Å². The summed E-state index contributed by atoms with van der Waals surface area (Å²) in [6.45, 7) is 11.4. The standard InChI is InChI=1S/C15H24FN/c1-6-9-17-14(15(3,4)5)12-8-7-11(2)10-13(12)16/h7-8,10,14,17H,6,9H2,1-5H3. The SMILES string of the molecule is CCCNC(c1ccc(C)cc1F)C(C)(C)C. The van der Waals surface area contributed by atoms with Crippen molar-refractivity contribution in [2.45, 2.75) is 47.1 Å².